The van der Waals surface area contributed by atoms with Gasteiger partial charge in [0.15, 0.2) is 0 Å². The van der Waals surface area contributed by atoms with Gasteiger partial charge in [0.05, 0.1) is 5.69 Å². The molecule has 8 heteroatoms. The van der Waals surface area contributed by atoms with Crippen molar-refractivity contribution >= 4 is 73.1 Å². The highest BCUT2D eigenvalue weighted by atomic mass is 79.9. The van der Waals surface area contributed by atoms with Crippen LogP contribution in [0.1, 0.15) is 16.7 Å². The summed E-state index contributed by atoms with van der Waals surface area (Å²) in [7, 11) is 0. The average Bonchev–Trinajstić information content (AvgIpc) is 2.74. The number of amides is 4. The maximum absolute atomic E-state index is 13.2. The second-order valence-electron chi connectivity index (χ2n) is 7.05. The Morgan fingerprint density at radius 1 is 0.906 bits per heavy atom. The number of rotatable bonds is 4. The SMILES string of the molecule is O=C1NC(=O)N(c2cccc(Cl)c2)C(=O)/C1=C/c1cc(Br)ccc1Cc1ccccc1Br. The first-order valence-electron chi connectivity index (χ1n) is 9.52. The van der Waals surface area contributed by atoms with E-state index in [0.717, 1.165) is 25.0 Å². The summed E-state index contributed by atoms with van der Waals surface area (Å²) in [5.74, 6) is -1.46. The molecule has 0 unspecified atom stereocenters. The van der Waals surface area contributed by atoms with Crippen LogP contribution in [0.25, 0.3) is 6.08 Å². The molecule has 0 spiro atoms. The molecule has 3 aromatic rings. The van der Waals surface area contributed by atoms with Crippen LogP contribution in [0, 0.1) is 0 Å². The third-order valence-corrected chi connectivity index (χ3v) is 6.42. The van der Waals surface area contributed by atoms with Gasteiger partial charge in [-0.15, -0.1) is 0 Å². The van der Waals surface area contributed by atoms with Crippen LogP contribution in [-0.2, 0) is 16.0 Å². The quantitative estimate of drug-likeness (QED) is 0.302. The monoisotopic (exact) mass is 572 g/mol. The van der Waals surface area contributed by atoms with Crippen molar-refractivity contribution in [1.29, 1.82) is 0 Å². The first-order chi connectivity index (χ1) is 15.3. The molecule has 1 fully saturated rings. The van der Waals surface area contributed by atoms with Gasteiger partial charge in [0.2, 0.25) is 0 Å². The lowest BCUT2D eigenvalue weighted by Crippen LogP contribution is -2.54. The van der Waals surface area contributed by atoms with Crippen molar-refractivity contribution in [2.24, 2.45) is 0 Å². The standard InChI is InChI=1S/C24H15Br2ClN2O3/c25-17-9-8-14(10-15-4-1-2-7-21(15)26)16(11-17)12-20-22(30)28-24(32)29(23(20)31)19-6-3-5-18(27)13-19/h1-9,11-13H,10H2,(H,28,30,32)/b20-12+. The predicted octanol–water partition coefficient (Wildman–Crippen LogP) is 6.12. The van der Waals surface area contributed by atoms with Crippen LogP contribution in [0.2, 0.25) is 5.02 Å². The number of hydrogen-bond donors (Lipinski definition) is 1. The van der Waals surface area contributed by atoms with Crippen LogP contribution < -0.4 is 10.2 Å². The summed E-state index contributed by atoms with van der Waals surface area (Å²) >= 11 is 13.0. The summed E-state index contributed by atoms with van der Waals surface area (Å²) in [6, 6.07) is 19.0. The maximum Gasteiger partial charge on any atom is 0.335 e. The zero-order valence-corrected chi connectivity index (χ0v) is 20.4. The van der Waals surface area contributed by atoms with Gasteiger partial charge in [-0.3, -0.25) is 14.9 Å². The molecule has 5 nitrogen and oxygen atoms in total. The van der Waals surface area contributed by atoms with Gasteiger partial charge >= 0.3 is 6.03 Å². The van der Waals surface area contributed by atoms with Crippen molar-refractivity contribution in [3.05, 3.63) is 103 Å². The molecule has 0 aliphatic carbocycles. The molecule has 0 aromatic heterocycles. The summed E-state index contributed by atoms with van der Waals surface area (Å²) in [6.07, 6.45) is 2.10. The Hall–Kier alpha value is -2.74. The summed E-state index contributed by atoms with van der Waals surface area (Å²) in [5, 5.41) is 2.61. The maximum atomic E-state index is 13.2. The molecule has 1 aliphatic heterocycles. The lowest BCUT2D eigenvalue weighted by Gasteiger charge is -2.26. The number of barbiturate groups is 1. The molecule has 3 aromatic carbocycles. The molecule has 0 atom stereocenters. The van der Waals surface area contributed by atoms with Gasteiger partial charge in [-0.05, 0) is 65.6 Å². The zero-order valence-electron chi connectivity index (χ0n) is 16.4. The van der Waals surface area contributed by atoms with Crippen LogP contribution in [0.4, 0.5) is 10.5 Å². The van der Waals surface area contributed by atoms with E-state index in [0.29, 0.717) is 17.0 Å². The van der Waals surface area contributed by atoms with E-state index in [1.165, 1.54) is 12.1 Å². The van der Waals surface area contributed by atoms with Gasteiger partial charge in [-0.2, -0.15) is 0 Å². The first-order valence-corrected chi connectivity index (χ1v) is 11.5. The van der Waals surface area contributed by atoms with E-state index in [1.807, 2.05) is 42.5 Å². The van der Waals surface area contributed by atoms with E-state index < -0.39 is 17.8 Å². The molecule has 1 N–H and O–H groups in total. The first kappa shape index (κ1) is 22.5. The van der Waals surface area contributed by atoms with Crippen molar-refractivity contribution < 1.29 is 14.4 Å². The lowest BCUT2D eigenvalue weighted by molar-refractivity contribution is -0.122. The summed E-state index contributed by atoms with van der Waals surface area (Å²) < 4.78 is 1.76. The Morgan fingerprint density at radius 3 is 2.44 bits per heavy atom. The van der Waals surface area contributed by atoms with Crippen molar-refractivity contribution in [1.82, 2.24) is 5.32 Å². The van der Waals surface area contributed by atoms with E-state index in [2.05, 4.69) is 37.2 Å². The van der Waals surface area contributed by atoms with Crippen molar-refractivity contribution in [3.8, 4) is 0 Å². The van der Waals surface area contributed by atoms with Crippen LogP contribution in [0.15, 0.2) is 81.2 Å². The number of anilines is 1. The Morgan fingerprint density at radius 2 is 1.69 bits per heavy atom. The predicted molar refractivity (Wildman–Crippen MR) is 132 cm³/mol. The van der Waals surface area contributed by atoms with Crippen LogP contribution >= 0.6 is 43.5 Å². The number of halogens is 3. The fourth-order valence-corrected chi connectivity index (χ4v) is 4.36. The highest BCUT2D eigenvalue weighted by Crippen LogP contribution is 2.28. The molecular weight excluding hydrogens is 560 g/mol. The second kappa shape index (κ2) is 9.40. The topological polar surface area (TPSA) is 66.5 Å². The lowest BCUT2D eigenvalue weighted by atomic mass is 9.97. The highest BCUT2D eigenvalue weighted by Gasteiger charge is 2.37. The summed E-state index contributed by atoms with van der Waals surface area (Å²) in [5.41, 5.74) is 2.80. The minimum atomic E-state index is -0.818. The number of benzene rings is 3. The summed E-state index contributed by atoms with van der Waals surface area (Å²) in [6.45, 7) is 0. The van der Waals surface area contributed by atoms with Crippen molar-refractivity contribution in [3.63, 3.8) is 0 Å². The third-order valence-electron chi connectivity index (χ3n) is 4.91. The molecular formula is C24H15Br2ClN2O3. The largest absolute Gasteiger partial charge is 0.335 e. The van der Waals surface area contributed by atoms with Gasteiger partial charge in [-0.25, -0.2) is 9.69 Å². The number of nitrogens with zero attached hydrogens (tertiary/aromatic N) is 1. The summed E-state index contributed by atoms with van der Waals surface area (Å²) in [4.78, 5) is 39.1. The molecule has 1 heterocycles. The molecule has 0 saturated carbocycles. The van der Waals surface area contributed by atoms with Crippen LogP contribution in [0.3, 0.4) is 0 Å². The van der Waals surface area contributed by atoms with E-state index in [1.54, 1.807) is 18.2 Å². The Balaban J connectivity index is 1.76. The molecule has 4 amide bonds. The fraction of sp³-hybridized carbons (Fsp3) is 0.0417. The van der Waals surface area contributed by atoms with E-state index in [-0.39, 0.29) is 11.3 Å². The third kappa shape index (κ3) is 4.70. The Labute approximate surface area is 206 Å². The second-order valence-corrected chi connectivity index (χ2v) is 9.26. The van der Waals surface area contributed by atoms with Crippen LogP contribution in [0.5, 0.6) is 0 Å². The van der Waals surface area contributed by atoms with Crippen LogP contribution in [-0.4, -0.2) is 17.8 Å². The van der Waals surface area contributed by atoms with Gasteiger partial charge in [0.25, 0.3) is 11.8 Å². The average molecular weight is 575 g/mol. The number of carbonyl (C=O) groups is 3. The molecule has 0 radical (unpaired) electrons. The molecule has 160 valence electrons. The van der Waals surface area contributed by atoms with E-state index in [4.69, 9.17) is 11.6 Å². The van der Waals surface area contributed by atoms with Gasteiger partial charge in [-0.1, -0.05) is 73.8 Å². The molecule has 1 aliphatic rings. The molecule has 4 rings (SSSR count). The number of imide groups is 2. The Bertz CT molecular complexity index is 1290. The van der Waals surface area contributed by atoms with Crippen molar-refractivity contribution in [2.75, 3.05) is 4.90 Å². The normalized spacial score (nSPS) is 15.3. The molecule has 1 saturated heterocycles. The number of carbonyl (C=O) groups excluding carboxylic acids is 3. The number of hydrogen-bond acceptors (Lipinski definition) is 3. The van der Waals surface area contributed by atoms with Crippen molar-refractivity contribution in [2.45, 2.75) is 6.42 Å². The van der Waals surface area contributed by atoms with E-state index in [9.17, 15) is 14.4 Å². The van der Waals surface area contributed by atoms with Gasteiger partial charge in [0.1, 0.15) is 5.57 Å². The van der Waals surface area contributed by atoms with Gasteiger partial charge < -0.3 is 0 Å². The fourth-order valence-electron chi connectivity index (χ4n) is 3.37. The molecule has 0 bridgehead atoms. The molecule has 32 heavy (non-hydrogen) atoms. The Kier molecular flexibility index (Phi) is 6.60. The van der Waals surface area contributed by atoms with Gasteiger partial charge in [0, 0.05) is 14.0 Å². The zero-order chi connectivity index (χ0) is 22.8. The van der Waals surface area contributed by atoms with E-state index >= 15 is 0 Å². The number of nitrogens with one attached hydrogen (secondary N) is 1. The minimum Gasteiger partial charge on any atom is -0.273 e. The minimum absolute atomic E-state index is 0.143. The number of urea groups is 1. The smallest absolute Gasteiger partial charge is 0.273 e. The highest BCUT2D eigenvalue weighted by molar-refractivity contribution is 9.10.